The van der Waals surface area contributed by atoms with Gasteiger partial charge in [-0.15, -0.1) is 0 Å². The smallest absolute Gasteiger partial charge is 0.312 e. The fraction of sp³-hybridized carbons (Fsp3) is 0.545. The molecule has 2 heterocycles. The summed E-state index contributed by atoms with van der Waals surface area (Å²) in [5, 5.41) is 14.0. The van der Waals surface area contributed by atoms with Crippen LogP contribution in [-0.4, -0.2) is 41.5 Å². The van der Waals surface area contributed by atoms with E-state index in [0.29, 0.717) is 16.2 Å². The second-order valence-electron chi connectivity index (χ2n) is 4.58. The molecule has 1 aromatic heterocycles. The first kappa shape index (κ1) is 13.2. The zero-order valence-corrected chi connectivity index (χ0v) is 11.7. The summed E-state index contributed by atoms with van der Waals surface area (Å²) in [6, 6.07) is 1.47. The summed E-state index contributed by atoms with van der Waals surface area (Å²) in [6.45, 7) is 2.83. The third-order valence-corrected chi connectivity index (χ3v) is 3.51. The van der Waals surface area contributed by atoms with Gasteiger partial charge >= 0.3 is 5.69 Å². The largest absolute Gasteiger partial charge is 0.364 e. The van der Waals surface area contributed by atoms with Gasteiger partial charge in [-0.25, -0.2) is 4.98 Å². The van der Waals surface area contributed by atoms with Crippen LogP contribution in [0.4, 0.5) is 11.5 Å². The summed E-state index contributed by atoms with van der Waals surface area (Å²) in [5.41, 5.74) is 0.00993. The number of halogens is 1. The van der Waals surface area contributed by atoms with Crippen molar-refractivity contribution in [3.05, 3.63) is 26.9 Å². The number of nitro groups is 1. The topological polar surface area (TPSA) is 71.3 Å². The number of hydrogen-bond acceptors (Lipinski definition) is 5. The molecule has 7 heteroatoms. The molecule has 0 aliphatic carbocycles. The minimum Gasteiger partial charge on any atom is -0.364 e. The Balaban J connectivity index is 2.02. The van der Waals surface area contributed by atoms with E-state index in [1.54, 1.807) is 6.20 Å². The number of likely N-dealkylation sites (tertiary alicyclic amines) is 1. The fourth-order valence-corrected chi connectivity index (χ4v) is 2.46. The molecule has 0 spiro atoms. The lowest BCUT2D eigenvalue weighted by atomic mass is 10.1. The van der Waals surface area contributed by atoms with Crippen LogP contribution in [0.2, 0.25) is 0 Å². The molecule has 6 nitrogen and oxygen atoms in total. The van der Waals surface area contributed by atoms with Crippen LogP contribution in [0, 0.1) is 16.0 Å². The average molecular weight is 315 g/mol. The van der Waals surface area contributed by atoms with Crippen molar-refractivity contribution in [1.29, 1.82) is 0 Å². The number of pyridine rings is 1. The van der Waals surface area contributed by atoms with Crippen LogP contribution in [0.1, 0.15) is 6.42 Å². The molecule has 0 bridgehead atoms. The molecule has 98 valence electrons. The molecular weight excluding hydrogens is 300 g/mol. The Kier molecular flexibility index (Phi) is 4.13. The zero-order valence-electron chi connectivity index (χ0n) is 10.1. The lowest BCUT2D eigenvalue weighted by molar-refractivity contribution is -0.384. The molecule has 1 saturated heterocycles. The third-order valence-electron chi connectivity index (χ3n) is 3.08. The Labute approximate surface area is 114 Å². The normalized spacial score (nSPS) is 20.0. The Morgan fingerprint density at radius 3 is 3.11 bits per heavy atom. The zero-order chi connectivity index (χ0) is 13.1. The summed E-state index contributed by atoms with van der Waals surface area (Å²) in [6.07, 6.45) is 2.68. The third kappa shape index (κ3) is 3.17. The highest BCUT2D eigenvalue weighted by Crippen LogP contribution is 2.26. The highest BCUT2D eigenvalue weighted by molar-refractivity contribution is 9.10. The van der Waals surface area contributed by atoms with Gasteiger partial charge in [-0.1, -0.05) is 0 Å². The standard InChI is InChI=1S/C11H15BrN4O2/c1-15-3-2-8(7-15)5-13-11-10(16(17)18)4-9(12)6-14-11/h4,6,8H,2-3,5,7H2,1H3,(H,13,14). The average Bonchev–Trinajstić information content (AvgIpc) is 2.73. The van der Waals surface area contributed by atoms with Crippen molar-refractivity contribution in [2.24, 2.45) is 5.92 Å². The van der Waals surface area contributed by atoms with Gasteiger partial charge in [-0.05, 0) is 41.9 Å². The Morgan fingerprint density at radius 2 is 2.50 bits per heavy atom. The highest BCUT2D eigenvalue weighted by Gasteiger charge is 2.21. The van der Waals surface area contributed by atoms with Gasteiger partial charge in [0.05, 0.1) is 4.92 Å². The van der Waals surface area contributed by atoms with E-state index >= 15 is 0 Å². The molecule has 1 aliphatic rings. The maximum absolute atomic E-state index is 10.9. The van der Waals surface area contributed by atoms with Gasteiger partial charge in [0.25, 0.3) is 0 Å². The predicted octanol–water partition coefficient (Wildman–Crippen LogP) is 2.12. The monoisotopic (exact) mass is 314 g/mol. The quantitative estimate of drug-likeness (QED) is 0.681. The fourth-order valence-electron chi connectivity index (χ4n) is 2.14. The van der Waals surface area contributed by atoms with Crippen LogP contribution in [0.15, 0.2) is 16.7 Å². The van der Waals surface area contributed by atoms with E-state index in [1.165, 1.54) is 6.07 Å². The number of nitrogens with one attached hydrogen (secondary N) is 1. The van der Waals surface area contributed by atoms with E-state index in [2.05, 4.69) is 38.2 Å². The first-order valence-electron chi connectivity index (χ1n) is 5.78. The molecule has 0 saturated carbocycles. The van der Waals surface area contributed by atoms with Crippen molar-refractivity contribution in [3.63, 3.8) is 0 Å². The molecule has 18 heavy (non-hydrogen) atoms. The molecule has 0 aromatic carbocycles. The number of anilines is 1. The molecule has 1 atom stereocenters. The molecule has 1 aromatic rings. The van der Waals surface area contributed by atoms with Crippen LogP contribution >= 0.6 is 15.9 Å². The van der Waals surface area contributed by atoms with Gasteiger partial charge in [0.15, 0.2) is 0 Å². The van der Waals surface area contributed by atoms with Crippen molar-refractivity contribution < 1.29 is 4.92 Å². The molecule has 1 N–H and O–H groups in total. The summed E-state index contributed by atoms with van der Waals surface area (Å²) in [7, 11) is 2.08. The summed E-state index contributed by atoms with van der Waals surface area (Å²) in [5.74, 6) is 0.873. The van der Waals surface area contributed by atoms with Gasteiger partial charge in [-0.3, -0.25) is 10.1 Å². The van der Waals surface area contributed by atoms with Gasteiger partial charge in [0.2, 0.25) is 5.82 Å². The Bertz CT molecular complexity index is 455. The lowest BCUT2D eigenvalue weighted by Crippen LogP contribution is -2.19. The highest BCUT2D eigenvalue weighted by atomic mass is 79.9. The maximum atomic E-state index is 10.9. The van der Waals surface area contributed by atoms with E-state index in [0.717, 1.165) is 26.1 Å². The van der Waals surface area contributed by atoms with Crippen LogP contribution in [-0.2, 0) is 0 Å². The second kappa shape index (κ2) is 5.62. The Morgan fingerprint density at radius 1 is 1.72 bits per heavy atom. The number of rotatable bonds is 4. The number of hydrogen-bond donors (Lipinski definition) is 1. The second-order valence-corrected chi connectivity index (χ2v) is 5.49. The van der Waals surface area contributed by atoms with Crippen molar-refractivity contribution in [2.45, 2.75) is 6.42 Å². The van der Waals surface area contributed by atoms with Crippen LogP contribution in [0.5, 0.6) is 0 Å². The van der Waals surface area contributed by atoms with Gasteiger partial charge in [-0.2, -0.15) is 0 Å². The minimum atomic E-state index is -0.416. The molecule has 0 radical (unpaired) electrons. The van der Waals surface area contributed by atoms with Crippen molar-refractivity contribution in [2.75, 3.05) is 32.0 Å². The molecule has 1 unspecified atom stereocenters. The summed E-state index contributed by atoms with van der Waals surface area (Å²) in [4.78, 5) is 16.8. The minimum absolute atomic E-state index is 0.00993. The molecular formula is C11H15BrN4O2. The first-order valence-corrected chi connectivity index (χ1v) is 6.58. The predicted molar refractivity (Wildman–Crippen MR) is 72.7 cm³/mol. The van der Waals surface area contributed by atoms with E-state index in [4.69, 9.17) is 0 Å². The van der Waals surface area contributed by atoms with Crippen molar-refractivity contribution in [1.82, 2.24) is 9.88 Å². The molecule has 0 amide bonds. The van der Waals surface area contributed by atoms with Crippen LogP contribution in [0.25, 0.3) is 0 Å². The Hall–Kier alpha value is -1.21. The van der Waals surface area contributed by atoms with Crippen molar-refractivity contribution in [3.8, 4) is 0 Å². The molecule has 1 aliphatic heterocycles. The number of aromatic nitrogens is 1. The summed E-state index contributed by atoms with van der Waals surface area (Å²) < 4.78 is 0.611. The SMILES string of the molecule is CN1CCC(CNc2ncc(Br)cc2[N+](=O)[O-])C1. The van der Waals surface area contributed by atoms with Gasteiger partial charge < -0.3 is 10.2 Å². The van der Waals surface area contributed by atoms with Crippen LogP contribution in [0.3, 0.4) is 0 Å². The van der Waals surface area contributed by atoms with Gasteiger partial charge in [0, 0.05) is 29.8 Å². The molecule has 1 fully saturated rings. The number of nitrogens with zero attached hydrogens (tertiary/aromatic N) is 3. The van der Waals surface area contributed by atoms with E-state index in [9.17, 15) is 10.1 Å². The van der Waals surface area contributed by atoms with E-state index in [-0.39, 0.29) is 5.69 Å². The van der Waals surface area contributed by atoms with Gasteiger partial charge in [0.1, 0.15) is 0 Å². The first-order chi connectivity index (χ1) is 8.56. The van der Waals surface area contributed by atoms with Crippen LogP contribution < -0.4 is 5.32 Å². The molecule has 2 rings (SSSR count). The van der Waals surface area contributed by atoms with E-state index in [1.807, 2.05) is 0 Å². The maximum Gasteiger partial charge on any atom is 0.312 e. The summed E-state index contributed by atoms with van der Waals surface area (Å²) >= 11 is 3.19. The van der Waals surface area contributed by atoms with E-state index < -0.39 is 4.92 Å². The van der Waals surface area contributed by atoms with Crippen molar-refractivity contribution >= 4 is 27.4 Å². The lowest BCUT2D eigenvalue weighted by Gasteiger charge is -2.12.